The molecule has 2 aliphatic rings. The number of benzene rings is 1. The molecule has 0 spiro atoms. The molecule has 1 aromatic rings. The third-order valence-electron chi connectivity index (χ3n) is 4.80. The topological polar surface area (TPSA) is 15.3 Å². The van der Waals surface area contributed by atoms with Crippen LogP contribution in [-0.2, 0) is 5.41 Å². The van der Waals surface area contributed by atoms with Gasteiger partial charge in [0.1, 0.15) is 0 Å². The largest absolute Gasteiger partial charge is 0.367 e. The highest BCUT2D eigenvalue weighted by Gasteiger charge is 2.48. The van der Waals surface area contributed by atoms with Gasteiger partial charge in [-0.3, -0.25) is 0 Å². The summed E-state index contributed by atoms with van der Waals surface area (Å²) >= 11 is 0. The van der Waals surface area contributed by atoms with Crippen LogP contribution in [-0.4, -0.2) is 25.7 Å². The van der Waals surface area contributed by atoms with Crippen molar-refractivity contribution in [1.29, 1.82) is 0 Å². The zero-order valence-corrected chi connectivity index (χ0v) is 11.8. The van der Waals surface area contributed by atoms with Gasteiger partial charge in [0.05, 0.1) is 0 Å². The van der Waals surface area contributed by atoms with E-state index in [0.29, 0.717) is 11.5 Å². The van der Waals surface area contributed by atoms with Gasteiger partial charge in [-0.05, 0) is 37.4 Å². The van der Waals surface area contributed by atoms with E-state index in [4.69, 9.17) is 0 Å². The predicted molar refractivity (Wildman–Crippen MR) is 77.4 cm³/mol. The van der Waals surface area contributed by atoms with Crippen LogP contribution in [0.1, 0.15) is 37.8 Å². The Morgan fingerprint density at radius 3 is 3.06 bits per heavy atom. The molecule has 3 rings (SSSR count). The molecule has 0 saturated carbocycles. The van der Waals surface area contributed by atoms with Crippen molar-refractivity contribution in [2.24, 2.45) is 0 Å². The first kappa shape index (κ1) is 12.0. The number of para-hydroxylation sites is 1. The smallest absolute Gasteiger partial charge is 0.0438 e. The Morgan fingerprint density at radius 1 is 1.44 bits per heavy atom. The van der Waals surface area contributed by atoms with Gasteiger partial charge in [-0.2, -0.15) is 0 Å². The summed E-state index contributed by atoms with van der Waals surface area (Å²) in [5.41, 5.74) is 4.83. The fourth-order valence-corrected chi connectivity index (χ4v) is 3.96. The van der Waals surface area contributed by atoms with Gasteiger partial charge >= 0.3 is 0 Å². The average molecular weight is 244 g/mol. The molecule has 0 aliphatic carbocycles. The number of nitrogens with one attached hydrogen (secondary N) is 1. The van der Waals surface area contributed by atoms with Crippen LogP contribution in [0, 0.1) is 6.92 Å². The summed E-state index contributed by atoms with van der Waals surface area (Å²) in [7, 11) is 0. The lowest BCUT2D eigenvalue weighted by Gasteiger charge is -2.41. The summed E-state index contributed by atoms with van der Waals surface area (Å²) in [5.74, 6) is 0. The summed E-state index contributed by atoms with van der Waals surface area (Å²) in [6, 6.07) is 7.52. The van der Waals surface area contributed by atoms with E-state index in [-0.39, 0.29) is 0 Å². The SMILES string of the molecule is CCCN1c2c(C)cccc2C2(C)CNCCC12. The molecule has 2 heteroatoms. The molecule has 0 aromatic heterocycles. The molecule has 0 radical (unpaired) electrons. The van der Waals surface area contributed by atoms with Crippen molar-refractivity contribution in [2.75, 3.05) is 24.5 Å². The first-order chi connectivity index (χ1) is 8.68. The maximum Gasteiger partial charge on any atom is 0.0438 e. The monoisotopic (exact) mass is 244 g/mol. The molecule has 1 aromatic carbocycles. The molecule has 2 unspecified atom stereocenters. The number of hydrogen-bond acceptors (Lipinski definition) is 2. The number of piperidine rings is 1. The van der Waals surface area contributed by atoms with E-state index in [0.717, 1.165) is 13.1 Å². The molecule has 18 heavy (non-hydrogen) atoms. The molecule has 2 atom stereocenters. The summed E-state index contributed by atoms with van der Waals surface area (Å²) in [6.07, 6.45) is 2.50. The van der Waals surface area contributed by atoms with E-state index >= 15 is 0 Å². The Morgan fingerprint density at radius 2 is 2.28 bits per heavy atom. The van der Waals surface area contributed by atoms with Crippen LogP contribution in [0.4, 0.5) is 5.69 Å². The molecule has 98 valence electrons. The molecular weight excluding hydrogens is 220 g/mol. The van der Waals surface area contributed by atoms with Gasteiger partial charge in [0.25, 0.3) is 0 Å². The molecular formula is C16H24N2. The van der Waals surface area contributed by atoms with Gasteiger partial charge in [-0.15, -0.1) is 0 Å². The zero-order valence-electron chi connectivity index (χ0n) is 11.8. The van der Waals surface area contributed by atoms with Crippen LogP contribution < -0.4 is 10.2 Å². The van der Waals surface area contributed by atoms with Crippen molar-refractivity contribution in [2.45, 2.75) is 45.1 Å². The third kappa shape index (κ3) is 1.51. The summed E-state index contributed by atoms with van der Waals surface area (Å²) in [4.78, 5) is 2.69. The van der Waals surface area contributed by atoms with Crippen LogP contribution in [0.3, 0.4) is 0 Å². The minimum Gasteiger partial charge on any atom is -0.367 e. The van der Waals surface area contributed by atoms with Gasteiger partial charge in [0.15, 0.2) is 0 Å². The normalized spacial score (nSPS) is 30.2. The van der Waals surface area contributed by atoms with Crippen LogP contribution in [0.2, 0.25) is 0 Å². The first-order valence-corrected chi connectivity index (χ1v) is 7.26. The Kier molecular flexibility index (Phi) is 2.86. The van der Waals surface area contributed by atoms with E-state index < -0.39 is 0 Å². The standard InChI is InChI=1S/C16H24N2/c1-4-10-18-14-8-9-17-11-16(14,3)13-7-5-6-12(2)15(13)18/h5-7,14,17H,4,8-11H2,1-3H3. The predicted octanol–water partition coefficient (Wildman–Crippen LogP) is 2.84. The molecule has 2 heterocycles. The quantitative estimate of drug-likeness (QED) is 0.860. The van der Waals surface area contributed by atoms with Crippen molar-refractivity contribution < 1.29 is 0 Å². The van der Waals surface area contributed by atoms with Gasteiger partial charge in [0.2, 0.25) is 0 Å². The van der Waals surface area contributed by atoms with E-state index in [1.54, 1.807) is 5.56 Å². The third-order valence-corrected chi connectivity index (χ3v) is 4.80. The molecule has 2 nitrogen and oxygen atoms in total. The highest BCUT2D eigenvalue weighted by molar-refractivity contribution is 5.68. The first-order valence-electron chi connectivity index (χ1n) is 7.26. The maximum absolute atomic E-state index is 3.59. The second-order valence-electron chi connectivity index (χ2n) is 6.06. The van der Waals surface area contributed by atoms with Crippen LogP contribution in [0.15, 0.2) is 18.2 Å². The van der Waals surface area contributed by atoms with Crippen LogP contribution in [0.25, 0.3) is 0 Å². The molecule has 1 saturated heterocycles. The summed E-state index contributed by atoms with van der Waals surface area (Å²) in [6.45, 7) is 10.5. The second-order valence-corrected chi connectivity index (χ2v) is 6.06. The number of fused-ring (bicyclic) bond motifs is 3. The lowest BCUT2D eigenvalue weighted by Crippen LogP contribution is -2.54. The maximum atomic E-state index is 3.59. The lowest BCUT2D eigenvalue weighted by atomic mass is 9.75. The van der Waals surface area contributed by atoms with Gasteiger partial charge < -0.3 is 10.2 Å². The number of rotatable bonds is 2. The fourth-order valence-electron chi connectivity index (χ4n) is 3.96. The Labute approximate surface area is 110 Å². The second kappa shape index (κ2) is 4.27. The van der Waals surface area contributed by atoms with E-state index in [2.05, 4.69) is 49.2 Å². The van der Waals surface area contributed by atoms with Crippen LogP contribution >= 0.6 is 0 Å². The number of aryl methyl sites for hydroxylation is 1. The highest BCUT2D eigenvalue weighted by atomic mass is 15.2. The van der Waals surface area contributed by atoms with E-state index in [1.807, 2.05) is 0 Å². The Hall–Kier alpha value is -1.02. The highest BCUT2D eigenvalue weighted by Crippen LogP contribution is 2.48. The molecule has 0 bridgehead atoms. The van der Waals surface area contributed by atoms with Gasteiger partial charge in [-0.25, -0.2) is 0 Å². The van der Waals surface area contributed by atoms with Crippen molar-refractivity contribution in [3.63, 3.8) is 0 Å². The summed E-state index contributed by atoms with van der Waals surface area (Å²) in [5, 5.41) is 3.59. The summed E-state index contributed by atoms with van der Waals surface area (Å²) < 4.78 is 0. The fraction of sp³-hybridized carbons (Fsp3) is 0.625. The molecule has 2 aliphatic heterocycles. The molecule has 0 amide bonds. The van der Waals surface area contributed by atoms with Gasteiger partial charge in [0, 0.05) is 30.2 Å². The Balaban J connectivity index is 2.13. The lowest BCUT2D eigenvalue weighted by molar-refractivity contribution is 0.298. The van der Waals surface area contributed by atoms with Gasteiger partial charge in [-0.1, -0.05) is 32.0 Å². The number of anilines is 1. The molecule has 1 fully saturated rings. The molecule has 1 N–H and O–H groups in total. The van der Waals surface area contributed by atoms with Crippen molar-refractivity contribution in [1.82, 2.24) is 5.32 Å². The average Bonchev–Trinajstić information content (AvgIpc) is 2.62. The van der Waals surface area contributed by atoms with Crippen molar-refractivity contribution >= 4 is 5.69 Å². The van der Waals surface area contributed by atoms with E-state index in [1.165, 1.54) is 30.6 Å². The number of nitrogens with zero attached hydrogens (tertiary/aromatic N) is 1. The van der Waals surface area contributed by atoms with Crippen molar-refractivity contribution in [3.05, 3.63) is 29.3 Å². The van der Waals surface area contributed by atoms with E-state index in [9.17, 15) is 0 Å². The Bertz CT molecular complexity index is 454. The number of hydrogen-bond donors (Lipinski definition) is 1. The van der Waals surface area contributed by atoms with Crippen LogP contribution in [0.5, 0.6) is 0 Å². The minimum absolute atomic E-state index is 0.300. The minimum atomic E-state index is 0.300. The zero-order chi connectivity index (χ0) is 12.8. The van der Waals surface area contributed by atoms with Crippen molar-refractivity contribution in [3.8, 4) is 0 Å².